The van der Waals surface area contributed by atoms with Crippen LogP contribution in [-0.2, 0) is 11.2 Å². The molecule has 0 spiro atoms. The fraction of sp³-hybridized carbons (Fsp3) is 0.208. The van der Waals surface area contributed by atoms with Gasteiger partial charge in [0.05, 0.1) is 11.1 Å². The molecule has 2 N–H and O–H groups in total. The van der Waals surface area contributed by atoms with Crippen molar-refractivity contribution in [2.24, 2.45) is 17.6 Å². The van der Waals surface area contributed by atoms with E-state index in [1.165, 1.54) is 0 Å². The molecule has 7 heteroatoms. The minimum atomic E-state index is -0.663. The van der Waals surface area contributed by atoms with Crippen LogP contribution < -0.4 is 15.2 Å². The summed E-state index contributed by atoms with van der Waals surface area (Å²) in [5, 5.41) is 9.79. The Hall–Kier alpha value is -4.05. The number of ketones is 2. The molecule has 154 valence electrons. The van der Waals surface area contributed by atoms with E-state index in [9.17, 15) is 14.9 Å². The fourth-order valence-electron chi connectivity index (χ4n) is 4.47. The summed E-state index contributed by atoms with van der Waals surface area (Å²) < 4.78 is 16.3. The molecule has 0 unspecified atom stereocenters. The first-order valence-corrected chi connectivity index (χ1v) is 9.88. The zero-order chi connectivity index (χ0) is 21.7. The molecule has 0 fully saturated rings. The number of nitrogens with two attached hydrogens (primary N) is 1. The quantitative estimate of drug-likeness (QED) is 0.820. The van der Waals surface area contributed by atoms with Crippen molar-refractivity contribution in [1.29, 1.82) is 5.26 Å². The first-order chi connectivity index (χ1) is 15.0. The zero-order valence-electron chi connectivity index (χ0n) is 16.7. The smallest absolute Gasteiger partial charge is 0.231 e. The zero-order valence-corrected chi connectivity index (χ0v) is 16.7. The molecular formula is C24H18N2O5. The summed E-state index contributed by atoms with van der Waals surface area (Å²) in [4.78, 5) is 26.5. The molecule has 2 aliphatic heterocycles. The van der Waals surface area contributed by atoms with Crippen LogP contribution in [-0.4, -0.2) is 18.4 Å². The Labute approximate surface area is 178 Å². The lowest BCUT2D eigenvalue weighted by Gasteiger charge is -2.33. The van der Waals surface area contributed by atoms with Crippen molar-refractivity contribution in [3.63, 3.8) is 0 Å². The van der Waals surface area contributed by atoms with E-state index in [1.807, 2.05) is 25.1 Å². The van der Waals surface area contributed by atoms with E-state index in [0.717, 1.165) is 5.56 Å². The highest BCUT2D eigenvalue weighted by Gasteiger charge is 2.44. The van der Waals surface area contributed by atoms with E-state index in [1.54, 1.807) is 24.3 Å². The van der Waals surface area contributed by atoms with Gasteiger partial charge in [0, 0.05) is 17.0 Å². The van der Waals surface area contributed by atoms with Crippen molar-refractivity contribution in [2.75, 3.05) is 6.79 Å². The lowest BCUT2D eigenvalue weighted by molar-refractivity contribution is 0.0883. The lowest BCUT2D eigenvalue weighted by atomic mass is 9.72. The molecule has 0 saturated carbocycles. The summed E-state index contributed by atoms with van der Waals surface area (Å²) >= 11 is 0. The Morgan fingerprint density at radius 1 is 1.10 bits per heavy atom. The Kier molecular flexibility index (Phi) is 4.29. The maximum atomic E-state index is 13.4. The number of Topliss-reactive ketones (excluding diaryl/α,β-unsaturated/α-hetero) is 2. The molecule has 2 heterocycles. The number of nitrogens with zero attached hydrogens (tertiary/aromatic N) is 1. The number of nitriles is 1. The van der Waals surface area contributed by atoms with Crippen LogP contribution in [0.2, 0.25) is 0 Å². The van der Waals surface area contributed by atoms with Crippen molar-refractivity contribution in [3.05, 3.63) is 81.9 Å². The third-order valence-electron chi connectivity index (χ3n) is 5.90. The molecule has 0 saturated heterocycles. The fourth-order valence-corrected chi connectivity index (χ4v) is 4.47. The molecule has 7 nitrogen and oxygen atoms in total. The average Bonchev–Trinajstić information content (AvgIpc) is 3.24. The van der Waals surface area contributed by atoms with Gasteiger partial charge in [-0.05, 0) is 30.0 Å². The summed E-state index contributed by atoms with van der Waals surface area (Å²) in [6, 6.07) is 14.3. The van der Waals surface area contributed by atoms with Gasteiger partial charge >= 0.3 is 0 Å². The van der Waals surface area contributed by atoms with Crippen LogP contribution in [0.5, 0.6) is 11.5 Å². The van der Waals surface area contributed by atoms with E-state index in [4.69, 9.17) is 19.9 Å². The summed E-state index contributed by atoms with van der Waals surface area (Å²) in [6.07, 6.45) is 0.527. The van der Waals surface area contributed by atoms with E-state index in [2.05, 4.69) is 6.07 Å². The van der Waals surface area contributed by atoms with Crippen molar-refractivity contribution < 1.29 is 23.8 Å². The third kappa shape index (κ3) is 2.88. The number of carbonyl (C=O) groups is 2. The van der Waals surface area contributed by atoms with Crippen LogP contribution in [0.25, 0.3) is 0 Å². The maximum absolute atomic E-state index is 13.4. The second-order valence-electron chi connectivity index (χ2n) is 7.79. The van der Waals surface area contributed by atoms with Gasteiger partial charge in [0.2, 0.25) is 18.5 Å². The molecular weight excluding hydrogens is 396 g/mol. The SMILES string of the molecule is C[C@H](Cc1ccc2c(c1)OCO2)[C@H]1C(C#N)=C(N)OC2=C1C(=O)c1ccccc1C2=O. The molecule has 0 radical (unpaired) electrons. The molecule has 31 heavy (non-hydrogen) atoms. The molecule has 2 atom stereocenters. The summed E-state index contributed by atoms with van der Waals surface area (Å²) in [6.45, 7) is 2.10. The second-order valence-corrected chi connectivity index (χ2v) is 7.79. The number of fused-ring (bicyclic) bond motifs is 2. The van der Waals surface area contributed by atoms with Crippen molar-refractivity contribution >= 4 is 11.6 Å². The van der Waals surface area contributed by atoms with Gasteiger partial charge in [0.25, 0.3) is 0 Å². The summed E-state index contributed by atoms with van der Waals surface area (Å²) in [5.41, 5.74) is 7.92. The van der Waals surface area contributed by atoms with Gasteiger partial charge in [0.15, 0.2) is 23.0 Å². The Balaban J connectivity index is 1.56. The number of hydrogen-bond acceptors (Lipinski definition) is 7. The van der Waals surface area contributed by atoms with Crippen LogP contribution in [0.15, 0.2) is 65.3 Å². The minimum Gasteiger partial charge on any atom is -0.454 e. The van der Waals surface area contributed by atoms with Gasteiger partial charge in [-0.3, -0.25) is 9.59 Å². The number of ether oxygens (including phenoxy) is 3. The molecule has 1 aliphatic carbocycles. The van der Waals surface area contributed by atoms with E-state index in [-0.39, 0.29) is 46.8 Å². The molecule has 3 aliphatic rings. The Morgan fingerprint density at radius 2 is 1.81 bits per heavy atom. The van der Waals surface area contributed by atoms with Crippen molar-refractivity contribution in [1.82, 2.24) is 0 Å². The van der Waals surface area contributed by atoms with Gasteiger partial charge in [-0.15, -0.1) is 0 Å². The Bertz CT molecular complexity index is 1250. The predicted molar refractivity (Wildman–Crippen MR) is 109 cm³/mol. The first-order valence-electron chi connectivity index (χ1n) is 9.88. The van der Waals surface area contributed by atoms with Gasteiger partial charge in [-0.1, -0.05) is 37.3 Å². The first kappa shape index (κ1) is 18.9. The maximum Gasteiger partial charge on any atom is 0.231 e. The van der Waals surface area contributed by atoms with Gasteiger partial charge in [-0.25, -0.2) is 0 Å². The predicted octanol–water partition coefficient (Wildman–Crippen LogP) is 3.27. The van der Waals surface area contributed by atoms with Gasteiger partial charge < -0.3 is 19.9 Å². The highest BCUT2D eigenvalue weighted by Crippen LogP contribution is 2.43. The van der Waals surface area contributed by atoms with Crippen LogP contribution in [0, 0.1) is 23.2 Å². The lowest BCUT2D eigenvalue weighted by Crippen LogP contribution is -2.36. The van der Waals surface area contributed by atoms with Crippen LogP contribution in [0.4, 0.5) is 0 Å². The normalized spacial score (nSPS) is 20.1. The monoisotopic (exact) mass is 414 g/mol. The molecule has 0 aromatic heterocycles. The molecule has 2 aromatic rings. The highest BCUT2D eigenvalue weighted by molar-refractivity contribution is 6.26. The molecule has 2 aromatic carbocycles. The van der Waals surface area contributed by atoms with Crippen molar-refractivity contribution in [2.45, 2.75) is 13.3 Å². The topological polar surface area (TPSA) is 112 Å². The summed E-state index contributed by atoms with van der Waals surface area (Å²) in [5.74, 6) is -0.470. The van der Waals surface area contributed by atoms with E-state index < -0.39 is 11.7 Å². The van der Waals surface area contributed by atoms with Gasteiger partial charge in [0.1, 0.15) is 6.07 Å². The van der Waals surface area contributed by atoms with Crippen LogP contribution in [0.1, 0.15) is 33.2 Å². The van der Waals surface area contributed by atoms with Crippen LogP contribution in [0.3, 0.4) is 0 Å². The number of allylic oxidation sites excluding steroid dienone is 3. The number of hydrogen-bond donors (Lipinski definition) is 1. The molecule has 5 rings (SSSR count). The standard InChI is InChI=1S/C24H18N2O5/c1-12(8-13-6-7-17-18(9-13)30-11-29-17)19-16(10-25)24(26)31-23-20(19)21(27)14-4-2-3-5-15(14)22(23)28/h2-7,9,12,19H,8,11,26H2,1H3/t12-,19+/m1/s1. The largest absolute Gasteiger partial charge is 0.454 e. The second kappa shape index (κ2) is 7.03. The summed E-state index contributed by atoms with van der Waals surface area (Å²) in [7, 11) is 0. The Morgan fingerprint density at radius 3 is 2.55 bits per heavy atom. The average molecular weight is 414 g/mol. The van der Waals surface area contributed by atoms with Crippen LogP contribution >= 0.6 is 0 Å². The number of benzene rings is 2. The molecule has 0 amide bonds. The third-order valence-corrected chi connectivity index (χ3v) is 5.90. The van der Waals surface area contributed by atoms with Gasteiger partial charge in [-0.2, -0.15) is 5.26 Å². The van der Waals surface area contributed by atoms with Crippen molar-refractivity contribution in [3.8, 4) is 17.6 Å². The number of rotatable bonds is 3. The highest BCUT2D eigenvalue weighted by atomic mass is 16.7. The molecule has 0 bridgehead atoms. The van der Waals surface area contributed by atoms with E-state index in [0.29, 0.717) is 23.5 Å². The van der Waals surface area contributed by atoms with E-state index >= 15 is 0 Å². The number of carbonyl (C=O) groups excluding carboxylic acids is 2. The minimum absolute atomic E-state index is 0.0808.